The molecule has 0 fully saturated rings. The molecule has 0 saturated carbocycles. The predicted molar refractivity (Wildman–Crippen MR) is 66.3 cm³/mol. The summed E-state index contributed by atoms with van der Waals surface area (Å²) in [5.41, 5.74) is 2.03. The number of non-ortho nitro benzene ring substituents is 1. The lowest BCUT2D eigenvalue weighted by Gasteiger charge is -2.17. The van der Waals surface area contributed by atoms with Crippen molar-refractivity contribution in [1.29, 1.82) is 0 Å². The molecule has 0 heterocycles. The van der Waals surface area contributed by atoms with Gasteiger partial charge in [-0.05, 0) is 12.1 Å². The van der Waals surface area contributed by atoms with Crippen LogP contribution in [0.2, 0.25) is 13.1 Å². The SMILES string of the molecule is C=C[Si](C)(C)COc1ccc([N+](=O)[O-])cc1. The second-order valence-electron chi connectivity index (χ2n) is 4.23. The Morgan fingerprint density at radius 2 is 2.00 bits per heavy atom. The minimum Gasteiger partial charge on any atom is -0.497 e. The van der Waals surface area contributed by atoms with Crippen LogP contribution in [0.5, 0.6) is 5.75 Å². The highest BCUT2D eigenvalue weighted by molar-refractivity contribution is 6.82. The highest BCUT2D eigenvalue weighted by Gasteiger charge is 2.17. The van der Waals surface area contributed by atoms with Gasteiger partial charge in [-0.3, -0.25) is 10.1 Å². The van der Waals surface area contributed by atoms with Crippen LogP contribution in [0.3, 0.4) is 0 Å². The van der Waals surface area contributed by atoms with Gasteiger partial charge in [0.1, 0.15) is 13.8 Å². The molecule has 16 heavy (non-hydrogen) atoms. The molecule has 0 radical (unpaired) electrons. The summed E-state index contributed by atoms with van der Waals surface area (Å²) in [4.78, 5) is 10.0. The highest BCUT2D eigenvalue weighted by atomic mass is 28.3. The van der Waals surface area contributed by atoms with E-state index >= 15 is 0 Å². The third-order valence-corrected chi connectivity index (χ3v) is 4.20. The lowest BCUT2D eigenvalue weighted by molar-refractivity contribution is -0.384. The van der Waals surface area contributed by atoms with E-state index in [2.05, 4.69) is 19.7 Å². The van der Waals surface area contributed by atoms with Gasteiger partial charge in [-0.2, -0.15) is 0 Å². The van der Waals surface area contributed by atoms with Crippen molar-refractivity contribution >= 4 is 13.8 Å². The maximum Gasteiger partial charge on any atom is 0.269 e. The lowest BCUT2D eigenvalue weighted by Crippen LogP contribution is -2.31. The number of nitro groups is 1. The zero-order valence-corrected chi connectivity index (χ0v) is 10.5. The minimum absolute atomic E-state index is 0.0765. The molecule has 0 saturated heterocycles. The number of benzene rings is 1. The van der Waals surface area contributed by atoms with Crippen LogP contribution in [-0.4, -0.2) is 19.2 Å². The Labute approximate surface area is 95.7 Å². The summed E-state index contributed by atoms with van der Waals surface area (Å²) in [7, 11) is -1.49. The van der Waals surface area contributed by atoms with Crippen molar-refractivity contribution in [3.8, 4) is 5.75 Å². The molecule has 5 heteroatoms. The second kappa shape index (κ2) is 4.94. The summed E-state index contributed by atoms with van der Waals surface area (Å²) < 4.78 is 5.56. The third kappa shape index (κ3) is 3.51. The van der Waals surface area contributed by atoms with Gasteiger partial charge in [0.2, 0.25) is 0 Å². The van der Waals surface area contributed by atoms with Crippen LogP contribution in [0.15, 0.2) is 36.5 Å². The molecule has 1 aromatic rings. The van der Waals surface area contributed by atoms with Crippen molar-refractivity contribution in [2.45, 2.75) is 13.1 Å². The molecule has 0 aliphatic heterocycles. The van der Waals surface area contributed by atoms with Crippen molar-refractivity contribution in [1.82, 2.24) is 0 Å². The molecule has 0 aliphatic rings. The molecule has 1 aromatic carbocycles. The van der Waals surface area contributed by atoms with Crippen LogP contribution in [0.1, 0.15) is 0 Å². The van der Waals surface area contributed by atoms with Crippen molar-refractivity contribution < 1.29 is 9.66 Å². The largest absolute Gasteiger partial charge is 0.497 e. The molecule has 86 valence electrons. The number of hydrogen-bond donors (Lipinski definition) is 0. The molecule has 0 aliphatic carbocycles. The molecule has 0 unspecified atom stereocenters. The van der Waals surface area contributed by atoms with Crippen molar-refractivity contribution in [2.75, 3.05) is 6.23 Å². The third-order valence-electron chi connectivity index (χ3n) is 2.21. The number of ether oxygens (including phenoxy) is 1. The first-order valence-electron chi connectivity index (χ1n) is 4.95. The average molecular weight is 237 g/mol. The Morgan fingerprint density at radius 3 is 2.44 bits per heavy atom. The van der Waals surface area contributed by atoms with Crippen LogP contribution in [0.25, 0.3) is 0 Å². The van der Waals surface area contributed by atoms with Crippen LogP contribution in [-0.2, 0) is 0 Å². The number of hydrogen-bond acceptors (Lipinski definition) is 3. The van der Waals surface area contributed by atoms with Crippen molar-refractivity contribution in [3.63, 3.8) is 0 Å². The Balaban J connectivity index is 2.63. The molecule has 4 nitrogen and oxygen atoms in total. The molecule has 0 atom stereocenters. The van der Waals surface area contributed by atoms with E-state index in [9.17, 15) is 10.1 Å². The molecular formula is C11H15NO3Si. The zero-order valence-electron chi connectivity index (χ0n) is 9.47. The van der Waals surface area contributed by atoms with Gasteiger partial charge in [-0.15, -0.1) is 6.58 Å². The van der Waals surface area contributed by atoms with E-state index in [1.54, 1.807) is 12.1 Å². The first-order valence-corrected chi connectivity index (χ1v) is 8.24. The molecular weight excluding hydrogens is 222 g/mol. The zero-order chi connectivity index (χ0) is 12.2. The van der Waals surface area contributed by atoms with Crippen LogP contribution >= 0.6 is 0 Å². The normalized spacial score (nSPS) is 10.9. The average Bonchev–Trinajstić information content (AvgIpc) is 2.27. The number of rotatable bonds is 5. The second-order valence-corrected chi connectivity index (χ2v) is 8.91. The highest BCUT2D eigenvalue weighted by Crippen LogP contribution is 2.18. The lowest BCUT2D eigenvalue weighted by atomic mass is 10.3. The molecule has 0 amide bonds. The maximum absolute atomic E-state index is 10.4. The van der Waals surface area contributed by atoms with Gasteiger partial charge in [-0.1, -0.05) is 18.8 Å². The van der Waals surface area contributed by atoms with Crippen molar-refractivity contribution in [3.05, 3.63) is 46.7 Å². The Morgan fingerprint density at radius 1 is 1.44 bits per heavy atom. The summed E-state index contributed by atoms with van der Waals surface area (Å²) in [5.74, 6) is 0.660. The molecule has 0 spiro atoms. The van der Waals surface area contributed by atoms with Gasteiger partial charge in [0.15, 0.2) is 0 Å². The molecule has 0 N–H and O–H groups in total. The van der Waals surface area contributed by atoms with Gasteiger partial charge < -0.3 is 4.74 Å². The van der Waals surface area contributed by atoms with E-state index < -0.39 is 13.0 Å². The molecule has 1 rings (SSSR count). The van der Waals surface area contributed by atoms with E-state index in [0.717, 1.165) is 0 Å². The first kappa shape index (κ1) is 12.4. The van der Waals surface area contributed by atoms with Crippen LogP contribution < -0.4 is 4.74 Å². The van der Waals surface area contributed by atoms with Crippen molar-refractivity contribution in [2.24, 2.45) is 0 Å². The standard InChI is InChI=1S/C11H15NO3Si/c1-4-16(2,3)9-15-11-7-5-10(6-8-11)12(13)14/h4-8H,1,9H2,2-3H3. The summed E-state index contributed by atoms with van der Waals surface area (Å²) in [6.45, 7) is 8.06. The minimum atomic E-state index is -1.49. The summed E-state index contributed by atoms with van der Waals surface area (Å²) in [5, 5.41) is 10.4. The van der Waals surface area contributed by atoms with Gasteiger partial charge in [0.25, 0.3) is 5.69 Å². The number of nitro benzene ring substituents is 1. The molecule has 0 bridgehead atoms. The van der Waals surface area contributed by atoms with Gasteiger partial charge in [0.05, 0.1) is 11.2 Å². The Hall–Kier alpha value is -1.62. The maximum atomic E-state index is 10.4. The summed E-state index contributed by atoms with van der Waals surface area (Å²) in [6.07, 6.45) is 0.633. The Bertz CT molecular complexity index is 387. The fourth-order valence-electron chi connectivity index (χ4n) is 0.992. The monoisotopic (exact) mass is 237 g/mol. The fourth-order valence-corrected chi connectivity index (χ4v) is 1.65. The summed E-state index contributed by atoms with van der Waals surface area (Å²) >= 11 is 0. The van der Waals surface area contributed by atoms with Crippen LogP contribution in [0, 0.1) is 10.1 Å². The van der Waals surface area contributed by atoms with E-state index in [1.807, 2.05) is 5.70 Å². The van der Waals surface area contributed by atoms with Crippen LogP contribution in [0.4, 0.5) is 5.69 Å². The Kier molecular flexibility index (Phi) is 3.84. The van der Waals surface area contributed by atoms with Gasteiger partial charge in [0, 0.05) is 12.1 Å². The van der Waals surface area contributed by atoms with E-state index in [0.29, 0.717) is 12.0 Å². The van der Waals surface area contributed by atoms with Gasteiger partial charge >= 0.3 is 0 Å². The summed E-state index contributed by atoms with van der Waals surface area (Å²) in [6, 6.07) is 6.12. The van der Waals surface area contributed by atoms with E-state index in [4.69, 9.17) is 4.74 Å². The van der Waals surface area contributed by atoms with E-state index in [1.165, 1.54) is 12.1 Å². The molecule has 0 aromatic heterocycles. The number of nitrogens with zero attached hydrogens (tertiary/aromatic N) is 1. The van der Waals surface area contributed by atoms with Gasteiger partial charge in [-0.25, -0.2) is 0 Å². The smallest absolute Gasteiger partial charge is 0.269 e. The topological polar surface area (TPSA) is 52.4 Å². The first-order chi connectivity index (χ1) is 7.44. The predicted octanol–water partition coefficient (Wildman–Crippen LogP) is 2.95. The van der Waals surface area contributed by atoms with E-state index in [-0.39, 0.29) is 5.69 Å². The quantitative estimate of drug-likeness (QED) is 0.449. The fraction of sp³-hybridized carbons (Fsp3) is 0.273.